The molecule has 13 heavy (non-hydrogen) atoms. The van der Waals surface area contributed by atoms with Gasteiger partial charge in [-0.05, 0) is 31.0 Å². The van der Waals surface area contributed by atoms with Crippen molar-refractivity contribution in [3.63, 3.8) is 0 Å². The molecule has 0 aliphatic heterocycles. The first-order valence-electron chi connectivity index (χ1n) is 4.81. The summed E-state index contributed by atoms with van der Waals surface area (Å²) in [6.07, 6.45) is 1.14. The van der Waals surface area contributed by atoms with Crippen molar-refractivity contribution in [2.24, 2.45) is 5.73 Å². The summed E-state index contributed by atoms with van der Waals surface area (Å²) >= 11 is 0. The molecule has 1 aromatic carbocycles. The quantitative estimate of drug-likeness (QED) is 0.742. The van der Waals surface area contributed by atoms with Crippen molar-refractivity contribution >= 4 is 5.69 Å². The SMILES string of the molecule is CCC(C)Nc1ccc(CN)cc1. The monoisotopic (exact) mass is 178 g/mol. The Morgan fingerprint density at radius 3 is 2.38 bits per heavy atom. The van der Waals surface area contributed by atoms with Gasteiger partial charge in [-0.1, -0.05) is 19.1 Å². The van der Waals surface area contributed by atoms with E-state index in [2.05, 4.69) is 43.4 Å². The van der Waals surface area contributed by atoms with Gasteiger partial charge >= 0.3 is 0 Å². The molecular weight excluding hydrogens is 160 g/mol. The van der Waals surface area contributed by atoms with Crippen LogP contribution in [0, 0.1) is 0 Å². The van der Waals surface area contributed by atoms with Gasteiger partial charge in [0.2, 0.25) is 0 Å². The summed E-state index contributed by atoms with van der Waals surface area (Å²) in [7, 11) is 0. The zero-order valence-corrected chi connectivity index (χ0v) is 8.38. The van der Waals surface area contributed by atoms with Crippen molar-refractivity contribution in [2.75, 3.05) is 5.32 Å². The lowest BCUT2D eigenvalue weighted by Gasteiger charge is -2.12. The molecule has 0 aliphatic rings. The maximum absolute atomic E-state index is 5.51. The molecule has 0 amide bonds. The normalized spacial score (nSPS) is 12.5. The minimum atomic E-state index is 0.531. The average molecular weight is 178 g/mol. The number of hydrogen-bond acceptors (Lipinski definition) is 2. The molecule has 0 saturated heterocycles. The Labute approximate surface area is 80.1 Å². The highest BCUT2D eigenvalue weighted by molar-refractivity contribution is 5.45. The van der Waals surface area contributed by atoms with Crippen molar-refractivity contribution in [1.82, 2.24) is 0 Å². The third-order valence-electron chi connectivity index (χ3n) is 2.22. The number of nitrogens with one attached hydrogen (secondary N) is 1. The molecule has 0 spiro atoms. The van der Waals surface area contributed by atoms with E-state index in [0.29, 0.717) is 12.6 Å². The van der Waals surface area contributed by atoms with E-state index in [0.717, 1.165) is 6.42 Å². The van der Waals surface area contributed by atoms with Gasteiger partial charge in [0.15, 0.2) is 0 Å². The number of benzene rings is 1. The fraction of sp³-hybridized carbons (Fsp3) is 0.455. The highest BCUT2D eigenvalue weighted by atomic mass is 14.9. The summed E-state index contributed by atoms with van der Waals surface area (Å²) in [5, 5.41) is 3.40. The lowest BCUT2D eigenvalue weighted by atomic mass is 10.2. The lowest BCUT2D eigenvalue weighted by Crippen LogP contribution is -2.13. The second-order valence-corrected chi connectivity index (χ2v) is 3.35. The van der Waals surface area contributed by atoms with Crippen molar-refractivity contribution < 1.29 is 0 Å². The van der Waals surface area contributed by atoms with Crippen LogP contribution in [0.15, 0.2) is 24.3 Å². The summed E-state index contributed by atoms with van der Waals surface area (Å²) in [5.74, 6) is 0. The Morgan fingerprint density at radius 2 is 1.92 bits per heavy atom. The van der Waals surface area contributed by atoms with Gasteiger partial charge < -0.3 is 11.1 Å². The van der Waals surface area contributed by atoms with Gasteiger partial charge in [0.05, 0.1) is 0 Å². The summed E-state index contributed by atoms with van der Waals surface area (Å²) in [5.41, 5.74) is 7.86. The molecule has 0 fully saturated rings. The van der Waals surface area contributed by atoms with Gasteiger partial charge in [0.25, 0.3) is 0 Å². The van der Waals surface area contributed by atoms with Crippen LogP contribution in [0.3, 0.4) is 0 Å². The number of rotatable bonds is 4. The topological polar surface area (TPSA) is 38.0 Å². The molecule has 0 radical (unpaired) electrons. The molecule has 0 aliphatic carbocycles. The molecule has 0 saturated carbocycles. The molecule has 0 aromatic heterocycles. The molecule has 2 heteroatoms. The molecule has 2 nitrogen and oxygen atoms in total. The third kappa shape index (κ3) is 3.07. The molecule has 3 N–H and O–H groups in total. The predicted octanol–water partition coefficient (Wildman–Crippen LogP) is 2.36. The highest BCUT2D eigenvalue weighted by Crippen LogP contribution is 2.11. The fourth-order valence-electron chi connectivity index (χ4n) is 1.12. The summed E-state index contributed by atoms with van der Waals surface area (Å²) in [4.78, 5) is 0. The van der Waals surface area contributed by atoms with Crippen LogP contribution in [0.1, 0.15) is 25.8 Å². The maximum Gasteiger partial charge on any atom is 0.0342 e. The molecule has 1 unspecified atom stereocenters. The van der Waals surface area contributed by atoms with Crippen molar-refractivity contribution in [1.29, 1.82) is 0 Å². The van der Waals surface area contributed by atoms with Gasteiger partial charge in [0, 0.05) is 18.3 Å². The van der Waals surface area contributed by atoms with Crippen LogP contribution in [-0.4, -0.2) is 6.04 Å². The highest BCUT2D eigenvalue weighted by Gasteiger charge is 1.97. The van der Waals surface area contributed by atoms with Gasteiger partial charge in [-0.3, -0.25) is 0 Å². The van der Waals surface area contributed by atoms with Crippen LogP contribution in [0.2, 0.25) is 0 Å². The van der Waals surface area contributed by atoms with E-state index in [4.69, 9.17) is 5.73 Å². The van der Waals surface area contributed by atoms with Gasteiger partial charge in [0.1, 0.15) is 0 Å². The number of anilines is 1. The van der Waals surface area contributed by atoms with Gasteiger partial charge in [-0.25, -0.2) is 0 Å². The standard InChI is InChI=1S/C11H18N2/c1-3-9(2)13-11-6-4-10(8-12)5-7-11/h4-7,9,13H,3,8,12H2,1-2H3. The van der Waals surface area contributed by atoms with Crippen molar-refractivity contribution in [3.8, 4) is 0 Å². The van der Waals surface area contributed by atoms with E-state index in [1.165, 1.54) is 11.3 Å². The first-order chi connectivity index (χ1) is 6.26. The van der Waals surface area contributed by atoms with E-state index in [1.54, 1.807) is 0 Å². The van der Waals surface area contributed by atoms with E-state index >= 15 is 0 Å². The minimum absolute atomic E-state index is 0.531. The molecule has 72 valence electrons. The zero-order valence-electron chi connectivity index (χ0n) is 8.38. The Morgan fingerprint density at radius 1 is 1.31 bits per heavy atom. The second-order valence-electron chi connectivity index (χ2n) is 3.35. The molecule has 0 heterocycles. The molecule has 1 rings (SSSR count). The molecule has 0 bridgehead atoms. The summed E-state index contributed by atoms with van der Waals surface area (Å²) in [6.45, 7) is 4.96. The zero-order chi connectivity index (χ0) is 9.68. The van der Waals surface area contributed by atoms with E-state index in [1.807, 2.05) is 0 Å². The predicted molar refractivity (Wildman–Crippen MR) is 57.7 cm³/mol. The van der Waals surface area contributed by atoms with Crippen LogP contribution >= 0.6 is 0 Å². The van der Waals surface area contributed by atoms with E-state index in [-0.39, 0.29) is 0 Å². The second kappa shape index (κ2) is 4.87. The first-order valence-corrected chi connectivity index (χ1v) is 4.81. The Hall–Kier alpha value is -1.02. The third-order valence-corrected chi connectivity index (χ3v) is 2.22. The largest absolute Gasteiger partial charge is 0.383 e. The Kier molecular flexibility index (Phi) is 3.77. The first kappa shape index (κ1) is 10.1. The van der Waals surface area contributed by atoms with Crippen LogP contribution in [0.5, 0.6) is 0 Å². The summed E-state index contributed by atoms with van der Waals surface area (Å²) < 4.78 is 0. The smallest absolute Gasteiger partial charge is 0.0342 e. The van der Waals surface area contributed by atoms with Crippen molar-refractivity contribution in [2.45, 2.75) is 32.9 Å². The van der Waals surface area contributed by atoms with Crippen LogP contribution in [-0.2, 0) is 6.54 Å². The maximum atomic E-state index is 5.51. The summed E-state index contributed by atoms with van der Waals surface area (Å²) in [6, 6.07) is 8.81. The van der Waals surface area contributed by atoms with Crippen LogP contribution in [0.4, 0.5) is 5.69 Å². The molecular formula is C11H18N2. The van der Waals surface area contributed by atoms with E-state index < -0.39 is 0 Å². The minimum Gasteiger partial charge on any atom is -0.383 e. The lowest BCUT2D eigenvalue weighted by molar-refractivity contribution is 0.764. The molecule has 1 atom stereocenters. The van der Waals surface area contributed by atoms with E-state index in [9.17, 15) is 0 Å². The van der Waals surface area contributed by atoms with Crippen LogP contribution < -0.4 is 11.1 Å². The average Bonchev–Trinajstić information content (AvgIpc) is 2.19. The molecule has 1 aromatic rings. The number of hydrogen-bond donors (Lipinski definition) is 2. The van der Waals surface area contributed by atoms with Gasteiger partial charge in [-0.15, -0.1) is 0 Å². The van der Waals surface area contributed by atoms with Gasteiger partial charge in [-0.2, -0.15) is 0 Å². The fourth-order valence-corrected chi connectivity index (χ4v) is 1.12. The van der Waals surface area contributed by atoms with Crippen LogP contribution in [0.25, 0.3) is 0 Å². The Balaban J connectivity index is 2.58. The Bertz CT molecular complexity index is 241. The van der Waals surface area contributed by atoms with Crippen molar-refractivity contribution in [3.05, 3.63) is 29.8 Å². The number of nitrogens with two attached hydrogens (primary N) is 1.